The highest BCUT2D eigenvalue weighted by atomic mass is 32.2. The number of hydrogen-bond donors (Lipinski definition) is 2. The van der Waals surface area contributed by atoms with Gasteiger partial charge in [0.1, 0.15) is 5.75 Å². The molecule has 0 saturated heterocycles. The van der Waals surface area contributed by atoms with E-state index in [4.69, 9.17) is 5.73 Å². The van der Waals surface area contributed by atoms with Crippen LogP contribution in [0.5, 0.6) is 5.75 Å². The number of nitrogen functional groups attached to an aromatic ring is 1. The van der Waals surface area contributed by atoms with Gasteiger partial charge in [0.25, 0.3) is 0 Å². The SMILES string of the molecule is CCC(C)=C(SN(C)NSC)c1cc(-c2ccc(OC(F)(F)F)cc2)ccc1N. The van der Waals surface area contributed by atoms with Gasteiger partial charge in [-0.15, -0.1) is 13.2 Å². The minimum absolute atomic E-state index is 0.250. The molecule has 0 fully saturated rings. The van der Waals surface area contributed by atoms with Crippen LogP contribution >= 0.6 is 23.9 Å². The van der Waals surface area contributed by atoms with Crippen LogP contribution in [-0.4, -0.2) is 24.1 Å². The number of halogens is 3. The first kappa shape index (κ1) is 23.5. The zero-order valence-corrected chi connectivity index (χ0v) is 18.3. The summed E-state index contributed by atoms with van der Waals surface area (Å²) >= 11 is 3.02. The number of rotatable bonds is 8. The number of nitrogens with one attached hydrogen (secondary N) is 1. The number of anilines is 1. The van der Waals surface area contributed by atoms with Gasteiger partial charge in [-0.25, -0.2) is 0 Å². The molecule has 0 aliphatic carbocycles. The molecule has 2 aromatic rings. The standard InChI is InChI=1S/C20H24F3N3OS2/c1-5-13(2)19(29-26(3)25-28-4)17-12-15(8-11-18(17)24)14-6-9-16(10-7-14)27-20(21,22)23/h6-12,25H,5,24H2,1-4H3. The molecular weight excluding hydrogens is 419 g/mol. The van der Waals surface area contributed by atoms with Gasteiger partial charge < -0.3 is 10.5 Å². The Morgan fingerprint density at radius 3 is 2.31 bits per heavy atom. The molecule has 3 N–H and O–H groups in total. The Bertz CT molecular complexity index is 855. The Balaban J connectivity index is 2.39. The summed E-state index contributed by atoms with van der Waals surface area (Å²) in [5.41, 5.74) is 10.6. The Morgan fingerprint density at radius 1 is 1.14 bits per heavy atom. The summed E-state index contributed by atoms with van der Waals surface area (Å²) in [5, 5.41) is 0. The number of alkyl halides is 3. The molecular formula is C20H24F3N3OS2. The molecule has 29 heavy (non-hydrogen) atoms. The Kier molecular flexibility index (Phi) is 8.33. The zero-order chi connectivity index (χ0) is 21.6. The van der Waals surface area contributed by atoms with Crippen LogP contribution < -0.4 is 15.3 Å². The normalized spacial score (nSPS) is 12.8. The third kappa shape index (κ3) is 6.88. The average molecular weight is 444 g/mol. The van der Waals surface area contributed by atoms with Gasteiger partial charge in [-0.3, -0.25) is 0 Å². The molecule has 2 rings (SSSR count). The fourth-order valence-electron chi connectivity index (χ4n) is 2.58. The molecule has 0 heterocycles. The molecule has 0 aliphatic rings. The molecule has 4 nitrogen and oxygen atoms in total. The van der Waals surface area contributed by atoms with Crippen LogP contribution in [0.25, 0.3) is 16.0 Å². The van der Waals surface area contributed by atoms with Crippen LogP contribution in [0.4, 0.5) is 18.9 Å². The van der Waals surface area contributed by atoms with Crippen molar-refractivity contribution in [1.82, 2.24) is 9.25 Å². The van der Waals surface area contributed by atoms with Crippen LogP contribution in [0.2, 0.25) is 0 Å². The molecule has 0 amide bonds. The topological polar surface area (TPSA) is 50.5 Å². The van der Waals surface area contributed by atoms with Gasteiger partial charge in [0.05, 0.1) is 0 Å². The molecule has 0 aliphatic heterocycles. The lowest BCUT2D eigenvalue weighted by Crippen LogP contribution is -2.21. The van der Waals surface area contributed by atoms with Crippen LogP contribution in [0.3, 0.4) is 0 Å². The summed E-state index contributed by atoms with van der Waals surface area (Å²) in [6.45, 7) is 4.14. The summed E-state index contributed by atoms with van der Waals surface area (Å²) in [6.07, 6.45) is -1.90. The van der Waals surface area contributed by atoms with E-state index in [9.17, 15) is 13.2 Å². The molecule has 158 valence electrons. The number of hydrogen-bond acceptors (Lipinski definition) is 6. The summed E-state index contributed by atoms with van der Waals surface area (Å²) in [6, 6.07) is 11.4. The quantitative estimate of drug-likeness (QED) is 0.282. The van der Waals surface area contributed by atoms with Gasteiger partial charge in [-0.2, -0.15) is 9.25 Å². The van der Waals surface area contributed by atoms with E-state index >= 15 is 0 Å². The van der Waals surface area contributed by atoms with Gasteiger partial charge in [0.2, 0.25) is 0 Å². The Labute approximate surface area is 177 Å². The molecule has 0 unspecified atom stereocenters. The third-order valence-corrected chi connectivity index (χ3v) is 5.77. The van der Waals surface area contributed by atoms with Crippen molar-refractivity contribution >= 4 is 34.5 Å². The number of nitrogens with zero attached hydrogens (tertiary/aromatic N) is 1. The van der Waals surface area contributed by atoms with Crippen LogP contribution in [0, 0.1) is 0 Å². The van der Waals surface area contributed by atoms with E-state index in [0.717, 1.165) is 28.0 Å². The number of hydrazine groups is 1. The molecule has 0 bridgehead atoms. The Hall–Kier alpha value is -1.81. The van der Waals surface area contributed by atoms with Crippen molar-refractivity contribution in [2.75, 3.05) is 19.0 Å². The smallest absolute Gasteiger partial charge is 0.406 e. The highest BCUT2D eigenvalue weighted by molar-refractivity contribution is 8.06. The van der Waals surface area contributed by atoms with Crippen molar-refractivity contribution in [3.05, 3.63) is 53.6 Å². The average Bonchev–Trinajstić information content (AvgIpc) is 2.66. The number of benzene rings is 2. The predicted octanol–water partition coefficient (Wildman–Crippen LogP) is 6.34. The van der Waals surface area contributed by atoms with Gasteiger partial charge in [0.15, 0.2) is 0 Å². The monoisotopic (exact) mass is 443 g/mol. The molecule has 0 radical (unpaired) electrons. The number of nitrogens with two attached hydrogens (primary N) is 1. The van der Waals surface area contributed by atoms with E-state index in [1.165, 1.54) is 41.6 Å². The van der Waals surface area contributed by atoms with E-state index in [1.54, 1.807) is 12.1 Å². The fourth-order valence-corrected chi connectivity index (χ4v) is 4.06. The van der Waals surface area contributed by atoms with E-state index < -0.39 is 6.36 Å². The minimum Gasteiger partial charge on any atom is -0.406 e. The van der Waals surface area contributed by atoms with E-state index in [0.29, 0.717) is 5.69 Å². The van der Waals surface area contributed by atoms with Crippen molar-refractivity contribution in [3.63, 3.8) is 0 Å². The second-order valence-corrected chi connectivity index (χ2v) is 7.95. The lowest BCUT2D eigenvalue weighted by molar-refractivity contribution is -0.274. The maximum Gasteiger partial charge on any atom is 0.573 e. The first-order valence-electron chi connectivity index (χ1n) is 8.80. The van der Waals surface area contributed by atoms with Crippen molar-refractivity contribution < 1.29 is 17.9 Å². The molecule has 0 spiro atoms. The highest BCUT2D eigenvalue weighted by Gasteiger charge is 2.31. The van der Waals surface area contributed by atoms with Gasteiger partial charge in [-0.05, 0) is 66.9 Å². The van der Waals surface area contributed by atoms with Crippen molar-refractivity contribution in [2.24, 2.45) is 0 Å². The van der Waals surface area contributed by atoms with Gasteiger partial charge in [0, 0.05) is 23.2 Å². The second kappa shape index (κ2) is 10.3. The van der Waals surface area contributed by atoms with E-state index in [1.807, 2.05) is 35.9 Å². The summed E-state index contributed by atoms with van der Waals surface area (Å²) in [7, 11) is 1.92. The third-order valence-electron chi connectivity index (χ3n) is 4.09. The van der Waals surface area contributed by atoms with Crippen LogP contribution in [0.15, 0.2) is 48.0 Å². The van der Waals surface area contributed by atoms with Crippen molar-refractivity contribution in [1.29, 1.82) is 0 Å². The molecule has 2 aromatic carbocycles. The van der Waals surface area contributed by atoms with Crippen LogP contribution in [0.1, 0.15) is 25.8 Å². The first-order valence-corrected chi connectivity index (χ1v) is 10.8. The minimum atomic E-state index is -4.71. The van der Waals surface area contributed by atoms with Crippen molar-refractivity contribution in [2.45, 2.75) is 26.6 Å². The fraction of sp³-hybridized carbons (Fsp3) is 0.300. The second-order valence-electron chi connectivity index (χ2n) is 6.22. The largest absolute Gasteiger partial charge is 0.573 e. The summed E-state index contributed by atoms with van der Waals surface area (Å²) in [4.78, 5) is 4.18. The lowest BCUT2D eigenvalue weighted by Gasteiger charge is -2.21. The Morgan fingerprint density at radius 2 is 1.76 bits per heavy atom. The summed E-state index contributed by atoms with van der Waals surface area (Å²) < 4.78 is 42.9. The maximum absolute atomic E-state index is 12.4. The van der Waals surface area contributed by atoms with Gasteiger partial charge >= 0.3 is 6.36 Å². The number of ether oxygens (including phenoxy) is 1. The zero-order valence-electron chi connectivity index (χ0n) is 16.6. The lowest BCUT2D eigenvalue weighted by atomic mass is 10.00. The number of allylic oxidation sites excluding steroid dienone is 1. The van der Waals surface area contributed by atoms with Gasteiger partial charge in [-0.1, -0.05) is 42.6 Å². The molecule has 0 atom stereocenters. The molecule has 0 saturated carbocycles. The molecule has 0 aromatic heterocycles. The highest BCUT2D eigenvalue weighted by Crippen LogP contribution is 2.38. The van der Waals surface area contributed by atoms with E-state index in [2.05, 4.69) is 23.4 Å². The predicted molar refractivity (Wildman–Crippen MR) is 118 cm³/mol. The van der Waals surface area contributed by atoms with E-state index in [-0.39, 0.29) is 5.75 Å². The first-order chi connectivity index (χ1) is 13.6. The van der Waals surface area contributed by atoms with Crippen LogP contribution in [-0.2, 0) is 0 Å². The van der Waals surface area contributed by atoms with Crippen molar-refractivity contribution in [3.8, 4) is 16.9 Å². The maximum atomic E-state index is 12.4. The molecule has 9 heteroatoms. The summed E-state index contributed by atoms with van der Waals surface area (Å²) in [5.74, 6) is -0.250.